The van der Waals surface area contributed by atoms with Gasteiger partial charge in [-0.2, -0.15) is 5.26 Å². The smallest absolute Gasteiger partial charge is 0.270 e. The van der Waals surface area contributed by atoms with Crippen molar-refractivity contribution >= 4 is 11.4 Å². The molecule has 0 spiro atoms. The van der Waals surface area contributed by atoms with Crippen LogP contribution in [0.3, 0.4) is 0 Å². The summed E-state index contributed by atoms with van der Waals surface area (Å²) in [5, 5.41) is 23.1. The molecule has 2 rings (SSSR count). The van der Waals surface area contributed by atoms with E-state index in [1.54, 1.807) is 6.07 Å². The Morgan fingerprint density at radius 1 is 1.37 bits per heavy atom. The Morgan fingerprint density at radius 3 is 2.63 bits per heavy atom. The van der Waals surface area contributed by atoms with Crippen LogP contribution in [0, 0.1) is 27.4 Å². The molecule has 0 radical (unpaired) electrons. The number of hydrogen-bond donors (Lipinski definition) is 1. The molecule has 0 atom stereocenters. The van der Waals surface area contributed by atoms with E-state index in [0.29, 0.717) is 17.3 Å². The molecule has 0 unspecified atom stereocenters. The number of nitro groups is 1. The molecule has 1 aliphatic carbocycles. The van der Waals surface area contributed by atoms with E-state index < -0.39 is 4.92 Å². The lowest BCUT2D eigenvalue weighted by atomic mass is 9.87. The molecular formula is C14H17N3O2. The van der Waals surface area contributed by atoms with Crippen LogP contribution in [0.25, 0.3) is 0 Å². The predicted molar refractivity (Wildman–Crippen MR) is 72.9 cm³/mol. The van der Waals surface area contributed by atoms with E-state index in [1.807, 2.05) is 6.07 Å². The molecule has 19 heavy (non-hydrogen) atoms. The van der Waals surface area contributed by atoms with Crippen LogP contribution in [0.15, 0.2) is 18.2 Å². The molecule has 0 amide bonds. The van der Waals surface area contributed by atoms with E-state index in [2.05, 4.69) is 12.2 Å². The molecule has 5 heteroatoms. The van der Waals surface area contributed by atoms with Crippen molar-refractivity contribution in [2.24, 2.45) is 5.92 Å². The normalized spacial score (nSPS) is 22.5. The van der Waals surface area contributed by atoms with Crippen LogP contribution in [-0.4, -0.2) is 11.0 Å². The largest absolute Gasteiger partial charge is 0.381 e. The molecule has 1 fully saturated rings. The summed E-state index contributed by atoms with van der Waals surface area (Å²) in [6.07, 6.45) is 4.55. The van der Waals surface area contributed by atoms with Crippen LogP contribution in [0.5, 0.6) is 0 Å². The minimum Gasteiger partial charge on any atom is -0.381 e. The lowest BCUT2D eigenvalue weighted by Crippen LogP contribution is -2.25. The van der Waals surface area contributed by atoms with Crippen molar-refractivity contribution in [3.05, 3.63) is 33.9 Å². The summed E-state index contributed by atoms with van der Waals surface area (Å²) in [7, 11) is 0. The zero-order valence-corrected chi connectivity index (χ0v) is 10.9. The summed E-state index contributed by atoms with van der Waals surface area (Å²) >= 11 is 0. The van der Waals surface area contributed by atoms with Gasteiger partial charge in [-0.25, -0.2) is 0 Å². The number of anilines is 1. The molecule has 1 aliphatic rings. The van der Waals surface area contributed by atoms with Gasteiger partial charge in [-0.15, -0.1) is 0 Å². The molecule has 0 heterocycles. The number of nitrogens with one attached hydrogen (secondary N) is 1. The van der Waals surface area contributed by atoms with Crippen molar-refractivity contribution in [2.75, 3.05) is 5.32 Å². The second-order valence-corrected chi connectivity index (χ2v) is 5.20. The molecule has 1 aromatic carbocycles. The van der Waals surface area contributed by atoms with Gasteiger partial charge in [0, 0.05) is 18.2 Å². The van der Waals surface area contributed by atoms with E-state index in [1.165, 1.54) is 25.0 Å². The van der Waals surface area contributed by atoms with Crippen LogP contribution >= 0.6 is 0 Å². The molecule has 100 valence electrons. The van der Waals surface area contributed by atoms with Gasteiger partial charge in [-0.05, 0) is 37.7 Å². The van der Waals surface area contributed by atoms with Crippen molar-refractivity contribution in [1.29, 1.82) is 5.26 Å². The average molecular weight is 259 g/mol. The zero-order valence-electron chi connectivity index (χ0n) is 10.9. The fraction of sp³-hybridized carbons (Fsp3) is 0.500. The second-order valence-electron chi connectivity index (χ2n) is 5.20. The first-order valence-electron chi connectivity index (χ1n) is 6.55. The number of nitrogens with zero attached hydrogens (tertiary/aromatic N) is 2. The molecular weight excluding hydrogens is 242 g/mol. The summed E-state index contributed by atoms with van der Waals surface area (Å²) < 4.78 is 0. The average Bonchev–Trinajstić information content (AvgIpc) is 2.41. The molecule has 0 aromatic heterocycles. The van der Waals surface area contributed by atoms with Crippen LogP contribution in [-0.2, 0) is 0 Å². The quantitative estimate of drug-likeness (QED) is 0.666. The molecule has 0 saturated heterocycles. The van der Waals surface area contributed by atoms with E-state index >= 15 is 0 Å². The Hall–Kier alpha value is -2.09. The van der Waals surface area contributed by atoms with Gasteiger partial charge in [-0.1, -0.05) is 6.92 Å². The number of non-ortho nitro benzene ring substituents is 1. The van der Waals surface area contributed by atoms with Crippen LogP contribution in [0.4, 0.5) is 11.4 Å². The Kier molecular flexibility index (Phi) is 4.00. The lowest BCUT2D eigenvalue weighted by molar-refractivity contribution is -0.384. The Bertz CT molecular complexity index is 514. The topological polar surface area (TPSA) is 79.0 Å². The van der Waals surface area contributed by atoms with Crippen molar-refractivity contribution < 1.29 is 4.92 Å². The van der Waals surface area contributed by atoms with Gasteiger partial charge in [0.2, 0.25) is 0 Å². The number of benzene rings is 1. The predicted octanol–water partition coefficient (Wildman–Crippen LogP) is 3.46. The summed E-state index contributed by atoms with van der Waals surface area (Å²) in [6.45, 7) is 2.25. The second kappa shape index (κ2) is 5.70. The highest BCUT2D eigenvalue weighted by molar-refractivity contribution is 5.61. The van der Waals surface area contributed by atoms with E-state index in [-0.39, 0.29) is 5.69 Å². The Morgan fingerprint density at radius 2 is 2.05 bits per heavy atom. The fourth-order valence-corrected chi connectivity index (χ4v) is 2.49. The van der Waals surface area contributed by atoms with Crippen molar-refractivity contribution in [3.8, 4) is 6.07 Å². The first-order chi connectivity index (χ1) is 9.10. The monoisotopic (exact) mass is 259 g/mol. The standard InChI is InChI=1S/C14H17N3O2/c1-10-2-4-12(5-3-10)16-14-7-6-13(17(18)19)8-11(14)9-15/h6-8,10,12,16H,2-5H2,1H3. The highest BCUT2D eigenvalue weighted by Gasteiger charge is 2.19. The summed E-state index contributed by atoms with van der Waals surface area (Å²) in [5.74, 6) is 0.769. The third-order valence-corrected chi connectivity index (χ3v) is 3.71. The highest BCUT2D eigenvalue weighted by Crippen LogP contribution is 2.28. The number of hydrogen-bond acceptors (Lipinski definition) is 4. The van der Waals surface area contributed by atoms with Crippen LogP contribution in [0.1, 0.15) is 38.2 Å². The van der Waals surface area contributed by atoms with Crippen LogP contribution in [0.2, 0.25) is 0 Å². The maximum absolute atomic E-state index is 10.7. The van der Waals surface area contributed by atoms with E-state index in [0.717, 1.165) is 18.8 Å². The summed E-state index contributed by atoms with van der Waals surface area (Å²) in [4.78, 5) is 10.2. The van der Waals surface area contributed by atoms with Crippen molar-refractivity contribution in [1.82, 2.24) is 0 Å². The maximum atomic E-state index is 10.7. The highest BCUT2D eigenvalue weighted by atomic mass is 16.6. The Labute approximate surface area is 112 Å². The van der Waals surface area contributed by atoms with Gasteiger partial charge in [-0.3, -0.25) is 10.1 Å². The zero-order chi connectivity index (χ0) is 13.8. The molecule has 0 bridgehead atoms. The van der Waals surface area contributed by atoms with Gasteiger partial charge in [0.1, 0.15) is 6.07 Å². The molecule has 5 nitrogen and oxygen atoms in total. The summed E-state index contributed by atoms with van der Waals surface area (Å²) in [6, 6.07) is 6.79. The fourth-order valence-electron chi connectivity index (χ4n) is 2.49. The number of nitriles is 1. The van der Waals surface area contributed by atoms with Crippen molar-refractivity contribution in [3.63, 3.8) is 0 Å². The molecule has 0 aliphatic heterocycles. The Balaban J connectivity index is 2.12. The molecule has 1 N–H and O–H groups in total. The van der Waals surface area contributed by atoms with Crippen molar-refractivity contribution in [2.45, 2.75) is 38.6 Å². The van der Waals surface area contributed by atoms with Crippen LogP contribution < -0.4 is 5.32 Å². The maximum Gasteiger partial charge on any atom is 0.270 e. The number of nitro benzene ring substituents is 1. The first-order valence-corrected chi connectivity index (χ1v) is 6.55. The van der Waals surface area contributed by atoms with Gasteiger partial charge in [0.25, 0.3) is 5.69 Å². The third-order valence-electron chi connectivity index (χ3n) is 3.71. The number of rotatable bonds is 3. The van der Waals surface area contributed by atoms with Gasteiger partial charge < -0.3 is 5.32 Å². The SMILES string of the molecule is CC1CCC(Nc2ccc([N+](=O)[O-])cc2C#N)CC1. The first kappa shape index (κ1) is 13.3. The van der Waals surface area contributed by atoms with Gasteiger partial charge in [0.15, 0.2) is 0 Å². The minimum absolute atomic E-state index is 0.0423. The van der Waals surface area contributed by atoms with Gasteiger partial charge >= 0.3 is 0 Å². The molecule has 1 saturated carbocycles. The van der Waals surface area contributed by atoms with E-state index in [9.17, 15) is 10.1 Å². The van der Waals surface area contributed by atoms with Gasteiger partial charge in [0.05, 0.1) is 16.2 Å². The third kappa shape index (κ3) is 3.22. The molecule has 1 aromatic rings. The lowest BCUT2D eigenvalue weighted by Gasteiger charge is -2.28. The van der Waals surface area contributed by atoms with E-state index in [4.69, 9.17) is 5.26 Å². The minimum atomic E-state index is -0.479. The summed E-state index contributed by atoms with van der Waals surface area (Å²) in [5.41, 5.74) is 1.000.